The molecule has 2 fully saturated rings. The first-order valence-corrected chi connectivity index (χ1v) is 25.7. The number of anilines is 2. The molecule has 1 aliphatic carbocycles. The molecule has 0 spiro atoms. The molecule has 2 aliphatic heterocycles. The maximum atomic E-state index is 13.5. The van der Waals surface area contributed by atoms with E-state index in [-0.39, 0.29) is 29.3 Å². The van der Waals surface area contributed by atoms with Crippen molar-refractivity contribution in [1.82, 2.24) is 24.7 Å². The predicted molar refractivity (Wildman–Crippen MR) is 266 cm³/mol. The van der Waals surface area contributed by atoms with Crippen molar-refractivity contribution in [3.05, 3.63) is 129 Å². The number of thioether (sulfide) groups is 1. The summed E-state index contributed by atoms with van der Waals surface area (Å²) in [6.07, 6.45) is 3.88. The summed E-state index contributed by atoms with van der Waals surface area (Å²) in [4.78, 5) is 35.1. The standard InChI is InChI=1S/C49H63ClN8O6S2/c1-49(36-56-24-21-51-22-25-56)20-18-45(37-8-12-40(50)13-9-37)39(33-49)34-55-26-28-57(29-27-55)42-14-10-38(11-15-42)48(60)53-66(63,64)44-16-17-46(47(32-44)58(61)62)52-41(19-23-54(2)30-31-59)35-65-43-6-4-3-5-7-43/h3-17,32,41,51-52,59H,18-31,33-36H2,1-2H3,(H,53,60)/t41-,49-/m1/s1. The summed E-state index contributed by atoms with van der Waals surface area (Å²) in [5.74, 6) is -0.246. The number of aliphatic hydroxyl groups excluding tert-OH is 1. The number of rotatable bonds is 20. The quantitative estimate of drug-likeness (QED) is 0.0411. The molecule has 2 heterocycles. The number of carbonyl (C=O) groups is 1. The van der Waals surface area contributed by atoms with Gasteiger partial charge in [-0.15, -0.1) is 11.8 Å². The zero-order chi connectivity index (χ0) is 46.7. The number of sulfonamides is 1. The summed E-state index contributed by atoms with van der Waals surface area (Å²) in [5, 5.41) is 29.2. The van der Waals surface area contributed by atoms with Crippen LogP contribution in [0.5, 0.6) is 0 Å². The van der Waals surface area contributed by atoms with Gasteiger partial charge in [-0.1, -0.05) is 54.4 Å². The molecule has 17 heteroatoms. The first-order valence-electron chi connectivity index (χ1n) is 22.8. The summed E-state index contributed by atoms with van der Waals surface area (Å²) in [7, 11) is -2.58. The highest BCUT2D eigenvalue weighted by Crippen LogP contribution is 2.44. The number of nitrogens with zero attached hydrogens (tertiary/aromatic N) is 5. The number of aliphatic hydroxyl groups is 1. The Morgan fingerprint density at radius 3 is 2.35 bits per heavy atom. The van der Waals surface area contributed by atoms with E-state index >= 15 is 0 Å². The van der Waals surface area contributed by atoms with Crippen LogP contribution in [0.3, 0.4) is 0 Å². The van der Waals surface area contributed by atoms with E-state index < -0.39 is 31.4 Å². The number of allylic oxidation sites excluding steroid dienone is 1. The van der Waals surface area contributed by atoms with Gasteiger partial charge < -0.3 is 30.4 Å². The summed E-state index contributed by atoms with van der Waals surface area (Å²) in [5.41, 5.74) is 5.27. The van der Waals surface area contributed by atoms with E-state index in [4.69, 9.17) is 11.6 Å². The molecule has 354 valence electrons. The van der Waals surface area contributed by atoms with Gasteiger partial charge in [0.15, 0.2) is 0 Å². The molecule has 4 aromatic carbocycles. The van der Waals surface area contributed by atoms with Crippen molar-refractivity contribution in [2.45, 2.75) is 48.4 Å². The van der Waals surface area contributed by atoms with Crippen LogP contribution in [0.1, 0.15) is 48.5 Å². The molecule has 2 atom stereocenters. The van der Waals surface area contributed by atoms with Gasteiger partial charge in [0.05, 0.1) is 16.4 Å². The molecule has 14 nitrogen and oxygen atoms in total. The summed E-state index contributed by atoms with van der Waals surface area (Å²) >= 11 is 7.89. The van der Waals surface area contributed by atoms with Gasteiger partial charge in [0.25, 0.3) is 21.6 Å². The fraction of sp³-hybridized carbons (Fsp3) is 0.449. The minimum Gasteiger partial charge on any atom is -0.395 e. The topological polar surface area (TPSA) is 164 Å². The predicted octanol–water partition coefficient (Wildman–Crippen LogP) is 6.93. The number of nitrogens with one attached hydrogen (secondary N) is 3. The second-order valence-corrected chi connectivity index (χ2v) is 21.3. The van der Waals surface area contributed by atoms with Gasteiger partial charge in [0.1, 0.15) is 5.69 Å². The highest BCUT2D eigenvalue weighted by molar-refractivity contribution is 7.99. The Morgan fingerprint density at radius 1 is 0.955 bits per heavy atom. The number of benzene rings is 4. The molecule has 7 rings (SSSR count). The van der Waals surface area contributed by atoms with Gasteiger partial charge in [-0.25, -0.2) is 13.1 Å². The lowest BCUT2D eigenvalue weighted by Gasteiger charge is -2.43. The molecule has 0 aromatic heterocycles. The van der Waals surface area contributed by atoms with Crippen LogP contribution >= 0.6 is 23.4 Å². The van der Waals surface area contributed by atoms with Gasteiger partial charge in [-0.3, -0.25) is 19.8 Å². The smallest absolute Gasteiger partial charge is 0.293 e. The monoisotopic (exact) mass is 958 g/mol. The number of hydrogen-bond donors (Lipinski definition) is 4. The molecule has 0 radical (unpaired) electrons. The third-order valence-electron chi connectivity index (χ3n) is 12.9. The van der Waals surface area contributed by atoms with E-state index in [1.54, 1.807) is 23.9 Å². The van der Waals surface area contributed by atoms with Crippen LogP contribution in [0.25, 0.3) is 5.57 Å². The molecule has 1 amide bonds. The van der Waals surface area contributed by atoms with Crippen LogP contribution < -0.4 is 20.3 Å². The Kier molecular flexibility index (Phi) is 17.2. The molecule has 4 aromatic rings. The Bertz CT molecular complexity index is 2400. The van der Waals surface area contributed by atoms with Gasteiger partial charge in [0.2, 0.25) is 0 Å². The highest BCUT2D eigenvalue weighted by atomic mass is 35.5. The number of nitro groups is 1. The minimum atomic E-state index is -4.47. The van der Waals surface area contributed by atoms with Crippen molar-refractivity contribution in [1.29, 1.82) is 0 Å². The summed E-state index contributed by atoms with van der Waals surface area (Å²) in [6.45, 7) is 13.2. The molecule has 3 aliphatic rings. The first-order chi connectivity index (χ1) is 31.8. The van der Waals surface area contributed by atoms with Crippen LogP contribution in [0.15, 0.2) is 112 Å². The maximum absolute atomic E-state index is 13.5. The lowest BCUT2D eigenvalue weighted by molar-refractivity contribution is -0.384. The fourth-order valence-electron chi connectivity index (χ4n) is 9.25. The van der Waals surface area contributed by atoms with Gasteiger partial charge in [-0.2, -0.15) is 0 Å². The lowest BCUT2D eigenvalue weighted by atomic mass is 9.71. The van der Waals surface area contributed by atoms with Crippen molar-refractivity contribution < 1.29 is 23.2 Å². The SMILES string of the molecule is CN(CCO)CC[C@H](CSc1ccccc1)Nc1ccc(S(=O)(=O)NC(=O)c2ccc(N3CCN(CC4=C(c5ccc(Cl)cc5)CC[C@@](C)(CN5CCNCC5)C4)CC3)cc2)cc1[N+](=O)[O-]. The van der Waals surface area contributed by atoms with Crippen molar-refractivity contribution >= 4 is 61.9 Å². The number of halogens is 1. The van der Waals surface area contributed by atoms with E-state index in [2.05, 4.69) is 49.1 Å². The van der Waals surface area contributed by atoms with Crippen molar-refractivity contribution in [3.8, 4) is 0 Å². The molecule has 0 bridgehead atoms. The van der Waals surface area contributed by atoms with Crippen LogP contribution in [0, 0.1) is 15.5 Å². The molecule has 4 N–H and O–H groups in total. The average molecular weight is 960 g/mol. The van der Waals surface area contributed by atoms with Crippen LogP contribution in [-0.2, 0) is 10.0 Å². The molecular formula is C49H63ClN8O6S2. The molecule has 0 unspecified atom stereocenters. The van der Waals surface area contributed by atoms with Gasteiger partial charge in [0, 0.05) is 111 Å². The van der Waals surface area contributed by atoms with Gasteiger partial charge in [-0.05, 0) is 116 Å². The normalized spacial score (nSPS) is 19.2. The van der Waals surface area contributed by atoms with Crippen LogP contribution in [0.4, 0.5) is 17.1 Å². The second-order valence-electron chi connectivity index (χ2n) is 18.1. The van der Waals surface area contributed by atoms with Crippen LogP contribution in [-0.4, -0.2) is 143 Å². The zero-order valence-electron chi connectivity index (χ0n) is 38.0. The fourth-order valence-corrected chi connectivity index (χ4v) is 11.4. The Labute approximate surface area is 399 Å². The molecular weight excluding hydrogens is 896 g/mol. The lowest BCUT2D eigenvalue weighted by Crippen LogP contribution is -2.49. The van der Waals surface area contributed by atoms with Crippen molar-refractivity contribution in [3.63, 3.8) is 0 Å². The average Bonchev–Trinajstić information content (AvgIpc) is 3.31. The number of likely N-dealkylation sites (N-methyl/N-ethyl adjacent to an activating group) is 1. The maximum Gasteiger partial charge on any atom is 0.293 e. The van der Waals surface area contributed by atoms with E-state index in [1.807, 2.05) is 66.5 Å². The second kappa shape index (κ2) is 23.0. The third kappa shape index (κ3) is 13.6. The minimum absolute atomic E-state index is 0.0135. The largest absolute Gasteiger partial charge is 0.395 e. The zero-order valence-corrected chi connectivity index (χ0v) is 40.4. The number of carbonyl (C=O) groups excluding carboxylic acids is 1. The Morgan fingerprint density at radius 2 is 1.67 bits per heavy atom. The van der Waals surface area contributed by atoms with Gasteiger partial charge >= 0.3 is 0 Å². The van der Waals surface area contributed by atoms with E-state index in [1.165, 1.54) is 28.8 Å². The number of amides is 1. The first kappa shape index (κ1) is 49.4. The Hall–Kier alpha value is -4.52. The van der Waals surface area contributed by atoms with E-state index in [0.29, 0.717) is 25.3 Å². The Balaban J connectivity index is 0.962. The number of hydrogen-bond acceptors (Lipinski definition) is 13. The third-order valence-corrected chi connectivity index (χ3v) is 15.7. The van der Waals surface area contributed by atoms with Crippen molar-refractivity contribution in [2.24, 2.45) is 5.41 Å². The number of nitro benzene ring substituents is 1. The molecule has 66 heavy (non-hydrogen) atoms. The summed E-state index contributed by atoms with van der Waals surface area (Å²) in [6, 6.07) is 28.4. The van der Waals surface area contributed by atoms with Crippen LogP contribution in [0.2, 0.25) is 5.02 Å². The number of piperazine rings is 2. The van der Waals surface area contributed by atoms with E-state index in [9.17, 15) is 28.4 Å². The molecule has 0 saturated carbocycles. The van der Waals surface area contributed by atoms with E-state index in [0.717, 1.165) is 106 Å². The molecule has 2 saturated heterocycles. The van der Waals surface area contributed by atoms with Crippen molar-refractivity contribution in [2.75, 3.05) is 108 Å². The highest BCUT2D eigenvalue weighted by Gasteiger charge is 2.35. The summed E-state index contributed by atoms with van der Waals surface area (Å²) < 4.78 is 29.2.